The summed E-state index contributed by atoms with van der Waals surface area (Å²) < 4.78 is 32.2. The number of halogens is 1. The van der Waals surface area contributed by atoms with E-state index in [2.05, 4.69) is 167 Å². The molecule has 1 saturated carbocycles. The minimum atomic E-state index is -0.425. The number of aromatic amines is 8. The maximum Gasteiger partial charge on any atom is 0.294 e. The van der Waals surface area contributed by atoms with Crippen LogP contribution in [0.2, 0.25) is 5.02 Å². The maximum absolute atomic E-state index is 13.3. The Hall–Kier alpha value is -15.2. The van der Waals surface area contributed by atoms with Gasteiger partial charge in [0.15, 0.2) is 34.8 Å². The number of benzene rings is 7. The molecule has 130 heavy (non-hydrogen) atoms. The van der Waals surface area contributed by atoms with E-state index in [0.29, 0.717) is 114 Å². The molecule has 0 atom stereocenters. The number of para-hydroxylation sites is 2. The van der Waals surface area contributed by atoms with E-state index >= 15 is 0 Å². The van der Waals surface area contributed by atoms with Crippen molar-refractivity contribution in [2.45, 2.75) is 71.0 Å². The van der Waals surface area contributed by atoms with E-state index in [1.807, 2.05) is 103 Å². The monoisotopic (exact) mass is 1770 g/mol. The number of H-pyrrole nitrogens is 8. The summed E-state index contributed by atoms with van der Waals surface area (Å²) in [6.45, 7) is 14.8. The Bertz CT molecular complexity index is 6740. The number of morpholine rings is 2. The van der Waals surface area contributed by atoms with E-state index in [-0.39, 0.29) is 40.9 Å². The van der Waals surface area contributed by atoms with E-state index < -0.39 is 5.91 Å². The summed E-state index contributed by atoms with van der Waals surface area (Å²) in [7, 11) is 4.72. The normalized spacial score (nSPS) is 14.8. The van der Waals surface area contributed by atoms with Crippen LogP contribution in [0.4, 0.5) is 34.3 Å². The third-order valence-electron chi connectivity index (χ3n) is 22.4. The van der Waals surface area contributed by atoms with Crippen molar-refractivity contribution in [1.29, 1.82) is 0 Å². The molecule has 664 valence electrons. The number of methoxy groups -OCH3 is 3. The third kappa shape index (κ3) is 20.4. The lowest BCUT2D eigenvalue weighted by Gasteiger charge is -2.26. The molecular formula is C93H95ClN26O10. The lowest BCUT2D eigenvalue weighted by atomic mass is 9.86. The van der Waals surface area contributed by atoms with Crippen LogP contribution in [0.5, 0.6) is 17.2 Å². The van der Waals surface area contributed by atoms with E-state index in [9.17, 15) is 19.2 Å². The van der Waals surface area contributed by atoms with Crippen molar-refractivity contribution >= 4 is 114 Å². The van der Waals surface area contributed by atoms with Crippen molar-refractivity contribution in [3.63, 3.8) is 0 Å². The van der Waals surface area contributed by atoms with Gasteiger partial charge in [0.05, 0.1) is 151 Å². The maximum atomic E-state index is 13.3. The number of carbonyl (C=O) groups is 4. The van der Waals surface area contributed by atoms with Gasteiger partial charge in [-0.2, -0.15) is 20.4 Å². The minimum Gasteiger partial charge on any atom is -0.496 e. The number of nitrogens with two attached hydrogens (primary N) is 1. The van der Waals surface area contributed by atoms with Crippen LogP contribution in [0.15, 0.2) is 199 Å². The molecule has 17 aromatic rings. The predicted molar refractivity (Wildman–Crippen MR) is 495 cm³/mol. The summed E-state index contributed by atoms with van der Waals surface area (Å²) in [5.41, 5.74) is 23.7. The van der Waals surface area contributed by atoms with Gasteiger partial charge < -0.3 is 80.5 Å². The Labute approximate surface area is 748 Å². The van der Waals surface area contributed by atoms with Gasteiger partial charge in [0.25, 0.3) is 17.7 Å². The van der Waals surface area contributed by atoms with Crippen molar-refractivity contribution in [2.75, 3.05) is 101 Å². The number of fused-ring (bicyclic) bond motifs is 4. The number of aromatic nitrogens is 18. The van der Waals surface area contributed by atoms with Gasteiger partial charge in [0.1, 0.15) is 40.0 Å². The molecule has 0 spiro atoms. The summed E-state index contributed by atoms with van der Waals surface area (Å²) in [5.74, 6) is 3.55. The Morgan fingerprint density at radius 3 is 1.51 bits per heavy atom. The average Bonchev–Trinajstić information content (AvgIpc) is 1.61. The minimum absolute atomic E-state index is 0.00556. The smallest absolute Gasteiger partial charge is 0.294 e. The number of pyridine rings is 1. The first-order valence-electron chi connectivity index (χ1n) is 42.3. The first kappa shape index (κ1) is 86.9. The number of ether oxygens (including phenoxy) is 5. The highest BCUT2D eigenvalue weighted by Crippen LogP contribution is 2.38. The Morgan fingerprint density at radius 2 is 0.969 bits per heavy atom. The number of carbonyl (C=O) groups excluding carboxylic acids is 4. The Kier molecular flexibility index (Phi) is 26.3. The SMILES string of the molecule is COc1cc2nc(-c3[nH]ncc3NC(=O)C3CCC(N)CC3)[nH]c2cc1OC.COc1ccc(C(C)(C)C)cc1C(=O)Nc1cn[nH]c1-c1nc2ccccc2[nH]1.O=C(Nc1cn[nH]c1-c1nc2ccc(CN3CCOCC3)cc2[nH]1)c1cc(-c2ccccc2)no1.O=C(Nc1cn[nH]c1-c1nc2ccc(CN3CCOCC3)cc2[nH]1)c1cccnc1Nc1ccc(Cl)cc1. The molecule has 10 aromatic heterocycles. The van der Waals surface area contributed by atoms with Crippen LogP contribution in [-0.2, 0) is 32.8 Å². The lowest BCUT2D eigenvalue weighted by molar-refractivity contribution is -0.120. The first-order valence-corrected chi connectivity index (χ1v) is 42.7. The molecule has 3 aliphatic rings. The van der Waals surface area contributed by atoms with Crippen molar-refractivity contribution in [3.05, 3.63) is 233 Å². The molecule has 0 unspecified atom stereocenters. The highest BCUT2D eigenvalue weighted by molar-refractivity contribution is 6.30. The highest BCUT2D eigenvalue weighted by atomic mass is 35.5. The molecule has 20 rings (SSSR count). The van der Waals surface area contributed by atoms with Crippen LogP contribution in [0.1, 0.15) is 94.4 Å². The van der Waals surface area contributed by atoms with Gasteiger partial charge in [-0.25, -0.2) is 24.9 Å². The van der Waals surface area contributed by atoms with Gasteiger partial charge >= 0.3 is 0 Å². The summed E-state index contributed by atoms with van der Waals surface area (Å²) in [6, 6.07) is 51.4. The van der Waals surface area contributed by atoms with Crippen molar-refractivity contribution in [1.82, 2.24) is 101 Å². The zero-order valence-corrected chi connectivity index (χ0v) is 72.7. The fourth-order valence-corrected chi connectivity index (χ4v) is 15.5. The zero-order valence-electron chi connectivity index (χ0n) is 71.9. The number of hydrogen-bond donors (Lipinski definition) is 14. The van der Waals surface area contributed by atoms with Crippen molar-refractivity contribution in [3.8, 4) is 74.6 Å². The third-order valence-corrected chi connectivity index (χ3v) is 22.7. The van der Waals surface area contributed by atoms with E-state index in [1.54, 1.807) is 88.7 Å². The largest absolute Gasteiger partial charge is 0.496 e. The van der Waals surface area contributed by atoms with Crippen molar-refractivity contribution in [2.24, 2.45) is 11.7 Å². The molecule has 12 heterocycles. The quantitative estimate of drug-likeness (QED) is 0.0300. The fourth-order valence-electron chi connectivity index (χ4n) is 15.4. The van der Waals surface area contributed by atoms with Gasteiger partial charge in [-0.05, 0) is 133 Å². The van der Waals surface area contributed by atoms with Gasteiger partial charge in [0, 0.05) is 91.9 Å². The van der Waals surface area contributed by atoms with Crippen molar-refractivity contribution < 1.29 is 47.4 Å². The second-order valence-electron chi connectivity index (χ2n) is 32.3. The molecule has 4 amide bonds. The summed E-state index contributed by atoms with van der Waals surface area (Å²) in [6.07, 6.45) is 11.3. The standard InChI is InChI=1S/C27H25ClN8O2.C25H23N7O3.C22H23N5O2.C19H24N6O3/c28-18-4-6-19(7-5-18)31-25-20(2-1-9-29-25)27(37)34-23-15-30-35-24(23)26-32-21-8-3-17(14-22(21)33-26)16-36-10-12-38-13-11-36;33-25(22-13-19(31-35-22)17-4-2-1-3-5-17)29-21-14-26-30-23(21)24-27-18-7-6-16(12-20(18)28-24)15-32-8-10-34-11-9-32;1-22(2,3)13-9-10-18(29-4)14(11-13)21(28)26-17-12-23-27-19(17)20-24-15-7-5-6-8-16(15)25-20;1-27-15-7-12-13(8-16(15)28-2)23-18(22-12)17-14(9-21-25-17)24-19(26)10-3-5-11(20)6-4-10/h1-9,14-15H,10-13,16H2,(H,29,31)(H,30,35)(H,32,33)(H,34,37);1-7,12-14H,8-11,15H2,(H,26,30)(H,27,28)(H,29,33);5-12H,1-4H3,(H,23,27)(H,24,25)(H,26,28);7-11H,3-6,20H2,1-2H3,(H,21,25)(H,22,23)(H,24,26). The Balaban J connectivity index is 0.000000122. The molecule has 36 nitrogen and oxygen atoms in total. The topological polar surface area (TPSA) is 475 Å². The highest BCUT2D eigenvalue weighted by Gasteiger charge is 2.29. The second-order valence-corrected chi connectivity index (χ2v) is 32.7. The van der Waals surface area contributed by atoms with E-state index in [4.69, 9.17) is 50.5 Å². The van der Waals surface area contributed by atoms with Crippen LogP contribution < -0.4 is 46.5 Å². The molecule has 0 radical (unpaired) electrons. The van der Waals surface area contributed by atoms with Crippen LogP contribution >= 0.6 is 11.6 Å². The molecule has 1 aliphatic carbocycles. The number of rotatable bonds is 22. The van der Waals surface area contributed by atoms with Gasteiger partial charge in [0.2, 0.25) is 11.7 Å². The van der Waals surface area contributed by atoms with Gasteiger partial charge in [-0.3, -0.25) is 49.4 Å². The number of imidazole rings is 4. The molecule has 37 heteroatoms. The summed E-state index contributed by atoms with van der Waals surface area (Å²) in [5, 5.41) is 47.6. The summed E-state index contributed by atoms with van der Waals surface area (Å²) in [4.78, 5) is 92.6. The number of amides is 4. The van der Waals surface area contributed by atoms with Gasteiger partial charge in [-0.15, -0.1) is 0 Å². The zero-order chi connectivity index (χ0) is 89.8. The van der Waals surface area contributed by atoms with E-state index in [1.165, 1.54) is 11.1 Å². The van der Waals surface area contributed by atoms with E-state index in [0.717, 1.165) is 152 Å². The molecule has 7 aromatic carbocycles. The second kappa shape index (κ2) is 39.4. The summed E-state index contributed by atoms with van der Waals surface area (Å²) >= 11 is 5.98. The number of hydrogen-bond acceptors (Lipinski definition) is 24. The molecule has 3 fully saturated rings. The van der Waals surface area contributed by atoms with Crippen LogP contribution in [-0.4, -0.2) is 204 Å². The van der Waals surface area contributed by atoms with Gasteiger partial charge in [-0.1, -0.05) is 98.2 Å². The van der Waals surface area contributed by atoms with Crippen LogP contribution in [0.3, 0.4) is 0 Å². The number of nitrogens with zero attached hydrogens (tertiary/aromatic N) is 12. The average molecular weight is 1770 g/mol. The number of nitrogens with one attached hydrogen (secondary N) is 13. The fraction of sp³-hybridized carbons (Fsp3) is 0.247. The molecule has 2 aliphatic heterocycles. The molecule has 2 saturated heterocycles. The lowest BCUT2D eigenvalue weighted by Crippen LogP contribution is -2.35. The van der Waals surface area contributed by atoms with Crippen LogP contribution in [0.25, 0.3) is 101 Å². The molecule has 15 N–H and O–H groups in total. The molecular weight excluding hydrogens is 1680 g/mol. The number of anilines is 6. The first-order chi connectivity index (χ1) is 63.3. The molecule has 0 bridgehead atoms. The predicted octanol–water partition coefficient (Wildman–Crippen LogP) is 15.5. The van der Waals surface area contributed by atoms with Crippen LogP contribution in [0, 0.1) is 5.92 Å². The Morgan fingerprint density at radius 1 is 0.485 bits per heavy atom.